The van der Waals surface area contributed by atoms with Gasteiger partial charge in [-0.1, -0.05) is 48.9 Å². The minimum atomic E-state index is -3.90. The molecule has 3 aromatic rings. The van der Waals surface area contributed by atoms with Gasteiger partial charge in [-0.25, -0.2) is 17.9 Å². The number of carbonyl (C=O) groups excluding carboxylic acids is 1. The first-order valence-corrected chi connectivity index (χ1v) is 12.9. The molecule has 1 aliphatic heterocycles. The van der Waals surface area contributed by atoms with Crippen molar-refractivity contribution in [1.29, 1.82) is 0 Å². The molecule has 0 saturated heterocycles. The Morgan fingerprint density at radius 2 is 1.69 bits per heavy atom. The van der Waals surface area contributed by atoms with Gasteiger partial charge in [-0.3, -0.25) is 0 Å². The van der Waals surface area contributed by atoms with Crippen molar-refractivity contribution in [3.05, 3.63) is 83.4 Å². The molecule has 0 fully saturated rings. The number of amides is 2. The van der Waals surface area contributed by atoms with Crippen LogP contribution in [0.2, 0.25) is 0 Å². The Bertz CT molecular complexity index is 1280. The maximum atomic E-state index is 12.3. The summed E-state index contributed by atoms with van der Waals surface area (Å²) in [5.74, 6) is 0. The van der Waals surface area contributed by atoms with E-state index in [0.717, 1.165) is 28.9 Å². The van der Waals surface area contributed by atoms with Gasteiger partial charge in [0.15, 0.2) is 0 Å². The number of benzene rings is 3. The van der Waals surface area contributed by atoms with Crippen molar-refractivity contribution in [3.8, 4) is 0 Å². The van der Waals surface area contributed by atoms with Crippen LogP contribution in [-0.4, -0.2) is 56.7 Å². The van der Waals surface area contributed by atoms with Crippen molar-refractivity contribution in [2.45, 2.75) is 44.7 Å². The summed E-state index contributed by atoms with van der Waals surface area (Å²) in [5.41, 5.74) is 6.67. The third kappa shape index (κ3) is 6.19. The summed E-state index contributed by atoms with van der Waals surface area (Å²) in [5, 5.41) is 6.22. The van der Waals surface area contributed by atoms with E-state index < -0.39 is 16.1 Å². The normalized spacial score (nSPS) is 14.5. The van der Waals surface area contributed by atoms with Crippen molar-refractivity contribution in [2.24, 2.45) is 0 Å². The minimum absolute atomic E-state index is 0. The summed E-state index contributed by atoms with van der Waals surface area (Å²) < 4.78 is 26.7. The summed E-state index contributed by atoms with van der Waals surface area (Å²) in [6, 6.07) is 20.2. The number of anilines is 3. The Labute approximate surface area is 229 Å². The van der Waals surface area contributed by atoms with Crippen molar-refractivity contribution in [3.63, 3.8) is 0 Å². The number of urea groups is 1. The van der Waals surface area contributed by atoms with E-state index in [9.17, 15) is 13.2 Å². The molecule has 35 heavy (non-hydrogen) atoms. The zero-order valence-electron chi connectivity index (χ0n) is 20.6. The van der Waals surface area contributed by atoms with Crippen LogP contribution in [0.4, 0.5) is 21.9 Å². The maximum Gasteiger partial charge on any atom is 0.328 e. The van der Waals surface area contributed by atoms with Crippen molar-refractivity contribution < 1.29 is 13.2 Å². The van der Waals surface area contributed by atoms with Gasteiger partial charge in [0.05, 0.1) is 16.3 Å². The molecule has 2 amide bonds. The van der Waals surface area contributed by atoms with E-state index in [2.05, 4.69) is 64.4 Å². The molecular formula is C26H30N4NaO3S. The number of rotatable bonds is 7. The molecule has 0 spiro atoms. The van der Waals surface area contributed by atoms with Crippen molar-refractivity contribution in [1.82, 2.24) is 10.0 Å². The first-order valence-electron chi connectivity index (χ1n) is 11.4. The van der Waals surface area contributed by atoms with Gasteiger partial charge in [-0.15, -0.1) is 0 Å². The van der Waals surface area contributed by atoms with Gasteiger partial charge in [0, 0.05) is 41.8 Å². The van der Waals surface area contributed by atoms with Crippen LogP contribution in [0.3, 0.4) is 0 Å². The number of aryl methyl sites for hydroxylation is 2. The number of sulfonamides is 1. The smallest absolute Gasteiger partial charge is 0.328 e. The van der Waals surface area contributed by atoms with Crippen LogP contribution in [0.25, 0.3) is 0 Å². The Hall–Kier alpha value is -2.52. The zero-order chi connectivity index (χ0) is 24.3. The molecule has 4 rings (SSSR count). The third-order valence-electron chi connectivity index (χ3n) is 5.97. The van der Waals surface area contributed by atoms with E-state index >= 15 is 0 Å². The Kier molecular flexibility index (Phi) is 8.88. The van der Waals surface area contributed by atoms with E-state index in [0.29, 0.717) is 13.0 Å². The summed E-state index contributed by atoms with van der Waals surface area (Å²) in [4.78, 5) is 14.5. The Balaban J connectivity index is 0.00000342. The van der Waals surface area contributed by atoms with E-state index in [4.69, 9.17) is 0 Å². The second kappa shape index (κ2) is 11.5. The van der Waals surface area contributed by atoms with Gasteiger partial charge < -0.3 is 15.5 Å². The van der Waals surface area contributed by atoms with Crippen LogP contribution in [0.1, 0.15) is 30.0 Å². The molecule has 7 nitrogen and oxygen atoms in total. The average molecular weight is 502 g/mol. The number of hydrogen-bond acceptors (Lipinski definition) is 5. The average Bonchev–Trinajstić information content (AvgIpc) is 3.19. The van der Waals surface area contributed by atoms with Crippen molar-refractivity contribution in [2.75, 3.05) is 16.8 Å². The molecule has 0 bridgehead atoms. The number of para-hydroxylation sites is 1. The molecule has 3 aromatic carbocycles. The van der Waals surface area contributed by atoms with Gasteiger partial charge in [0.25, 0.3) is 10.0 Å². The van der Waals surface area contributed by atoms with E-state index in [-0.39, 0.29) is 40.6 Å². The monoisotopic (exact) mass is 501 g/mol. The second-order valence-corrected chi connectivity index (χ2v) is 10.2. The molecule has 179 valence electrons. The SMILES string of the molecule is CCC1Nc2cccc(C)c2N1c1ccc(CCNC(=O)NS(=O)(=O)c2ccc(C)cc2)cc1.[Na]. The molecule has 1 aliphatic rings. The van der Waals surface area contributed by atoms with Crippen LogP contribution < -0.4 is 20.3 Å². The van der Waals surface area contributed by atoms with E-state index in [1.165, 1.54) is 23.4 Å². The van der Waals surface area contributed by atoms with Gasteiger partial charge >= 0.3 is 6.03 Å². The fourth-order valence-corrected chi connectivity index (χ4v) is 5.10. The fourth-order valence-electron chi connectivity index (χ4n) is 4.17. The predicted octanol–water partition coefficient (Wildman–Crippen LogP) is 4.45. The summed E-state index contributed by atoms with van der Waals surface area (Å²) in [7, 11) is -3.90. The molecule has 0 saturated carbocycles. The van der Waals surface area contributed by atoms with Gasteiger partial charge in [-0.2, -0.15) is 0 Å². The van der Waals surface area contributed by atoms with Crippen LogP contribution in [-0.2, 0) is 16.4 Å². The first kappa shape index (κ1) is 27.1. The largest absolute Gasteiger partial charge is 0.363 e. The van der Waals surface area contributed by atoms with Crippen LogP contribution >= 0.6 is 0 Å². The number of nitrogens with zero attached hydrogens (tertiary/aromatic N) is 1. The predicted molar refractivity (Wildman–Crippen MR) is 142 cm³/mol. The topological polar surface area (TPSA) is 90.5 Å². The summed E-state index contributed by atoms with van der Waals surface area (Å²) >= 11 is 0. The molecule has 0 aliphatic carbocycles. The van der Waals surface area contributed by atoms with Gasteiger partial charge in [-0.05, 0) is 68.1 Å². The van der Waals surface area contributed by atoms with E-state index in [1.54, 1.807) is 12.1 Å². The zero-order valence-corrected chi connectivity index (χ0v) is 23.4. The fraction of sp³-hybridized carbons (Fsp3) is 0.269. The third-order valence-corrected chi connectivity index (χ3v) is 7.32. The Morgan fingerprint density at radius 1 is 1.00 bits per heavy atom. The second-order valence-electron chi connectivity index (χ2n) is 8.50. The Morgan fingerprint density at radius 3 is 2.34 bits per heavy atom. The number of hydrogen-bond donors (Lipinski definition) is 3. The summed E-state index contributed by atoms with van der Waals surface area (Å²) in [6.45, 7) is 6.47. The molecule has 1 atom stereocenters. The van der Waals surface area contributed by atoms with Crippen molar-refractivity contribution >= 4 is 62.7 Å². The standard InChI is InChI=1S/C26H30N4O3S.Na/c1-4-24-28-23-7-5-6-19(3)25(23)30(24)21-12-10-20(11-13-21)16-17-27-26(31)29-34(32,33)22-14-8-18(2)9-15-22;/h5-15,24,28H,4,16-17H2,1-3H3,(H2,27,29,31);. The number of fused-ring (bicyclic) bond motifs is 1. The quantitative estimate of drug-likeness (QED) is 0.416. The van der Waals surface area contributed by atoms with Gasteiger partial charge in [0.1, 0.15) is 6.17 Å². The molecule has 1 radical (unpaired) electrons. The summed E-state index contributed by atoms with van der Waals surface area (Å²) in [6.07, 6.45) is 1.74. The van der Waals surface area contributed by atoms with Gasteiger partial charge in [0.2, 0.25) is 0 Å². The molecule has 1 heterocycles. The van der Waals surface area contributed by atoms with Crippen LogP contribution in [0.5, 0.6) is 0 Å². The number of nitrogens with one attached hydrogen (secondary N) is 3. The first-order chi connectivity index (χ1) is 16.3. The van der Waals surface area contributed by atoms with Crippen LogP contribution in [0, 0.1) is 13.8 Å². The maximum absolute atomic E-state index is 12.3. The molecule has 3 N–H and O–H groups in total. The molecule has 9 heteroatoms. The van der Waals surface area contributed by atoms with Crippen LogP contribution in [0.15, 0.2) is 71.6 Å². The molecule has 1 unspecified atom stereocenters. The molecular weight excluding hydrogens is 471 g/mol. The van der Waals surface area contributed by atoms with E-state index in [1.807, 2.05) is 19.1 Å². The minimum Gasteiger partial charge on any atom is -0.363 e. The number of carbonyl (C=O) groups is 1. The molecule has 0 aromatic heterocycles.